The minimum Gasteiger partial charge on any atom is -0.382 e. The van der Waals surface area contributed by atoms with Gasteiger partial charge in [-0.1, -0.05) is 0 Å². The fourth-order valence-electron chi connectivity index (χ4n) is 2.64. The van der Waals surface area contributed by atoms with Crippen LogP contribution in [0.4, 0.5) is 17.6 Å². The predicted molar refractivity (Wildman–Crippen MR) is 76.4 cm³/mol. The molecule has 3 rings (SSSR count). The minimum atomic E-state index is -3.88. The molecular weight excluding hydrogens is 356 g/mol. The van der Waals surface area contributed by atoms with Crippen molar-refractivity contribution in [3.8, 4) is 10.4 Å². The first kappa shape index (κ1) is 16.4. The number of sulfone groups is 1. The Bertz CT molecular complexity index is 883. The highest BCUT2D eigenvalue weighted by Gasteiger charge is 2.51. The van der Waals surface area contributed by atoms with Gasteiger partial charge in [0.05, 0.1) is 0 Å². The van der Waals surface area contributed by atoms with Crippen molar-refractivity contribution in [1.82, 2.24) is 0 Å². The SMILES string of the molecule is CS(=O)(=O)c1sc(-c2cc(F)cc(F)c2)c2c1[C@@H](O)C(F)(F)C2. The Balaban J connectivity index is 2.31. The first-order valence-electron chi connectivity index (χ1n) is 6.38. The molecule has 1 heterocycles. The number of fused-ring (bicyclic) bond motifs is 1. The smallest absolute Gasteiger partial charge is 0.281 e. The predicted octanol–water partition coefficient (Wildman–Crippen LogP) is 3.32. The second kappa shape index (κ2) is 5.02. The standard InChI is InChI=1S/C14H10F4O3S2/c1-23(20,21)13-10-9(5-14(17,18)12(10)19)11(22-13)6-2-7(15)4-8(16)3-6/h2-4,12,19H,5H2,1H3/t12-/m1/s1. The van der Waals surface area contributed by atoms with Crippen LogP contribution in [0.2, 0.25) is 0 Å². The Morgan fingerprint density at radius 1 is 1.22 bits per heavy atom. The first-order valence-corrected chi connectivity index (χ1v) is 9.09. The molecule has 1 aromatic carbocycles. The number of thiophene rings is 1. The molecule has 0 radical (unpaired) electrons. The first-order chi connectivity index (χ1) is 10.5. The van der Waals surface area contributed by atoms with Crippen molar-refractivity contribution in [3.63, 3.8) is 0 Å². The number of rotatable bonds is 2. The Morgan fingerprint density at radius 2 is 1.78 bits per heavy atom. The minimum absolute atomic E-state index is 0.0232. The zero-order valence-corrected chi connectivity index (χ0v) is 13.2. The van der Waals surface area contributed by atoms with Gasteiger partial charge in [-0.25, -0.2) is 26.0 Å². The van der Waals surface area contributed by atoms with E-state index in [2.05, 4.69) is 0 Å². The lowest BCUT2D eigenvalue weighted by molar-refractivity contribution is -0.0975. The summed E-state index contributed by atoms with van der Waals surface area (Å²) in [6, 6.07) is 2.49. The van der Waals surface area contributed by atoms with Gasteiger partial charge in [-0.2, -0.15) is 0 Å². The lowest BCUT2D eigenvalue weighted by Gasteiger charge is -2.14. The van der Waals surface area contributed by atoms with Gasteiger partial charge in [0.25, 0.3) is 5.92 Å². The quantitative estimate of drug-likeness (QED) is 0.830. The Morgan fingerprint density at radius 3 is 2.30 bits per heavy atom. The van der Waals surface area contributed by atoms with Gasteiger partial charge < -0.3 is 5.11 Å². The topological polar surface area (TPSA) is 54.4 Å². The summed E-state index contributed by atoms with van der Waals surface area (Å²) in [4.78, 5) is 0.0232. The van der Waals surface area contributed by atoms with Crippen LogP contribution >= 0.6 is 11.3 Å². The molecule has 1 aliphatic rings. The Labute approximate surface area is 133 Å². The number of halogens is 4. The van der Waals surface area contributed by atoms with Crippen LogP contribution in [0.3, 0.4) is 0 Å². The largest absolute Gasteiger partial charge is 0.382 e. The van der Waals surface area contributed by atoms with Gasteiger partial charge in [-0.05, 0) is 23.3 Å². The van der Waals surface area contributed by atoms with Crippen LogP contribution in [0.1, 0.15) is 17.2 Å². The lowest BCUT2D eigenvalue weighted by Crippen LogP contribution is -2.22. The molecule has 23 heavy (non-hydrogen) atoms. The number of aliphatic hydroxyl groups is 1. The summed E-state index contributed by atoms with van der Waals surface area (Å²) in [6.45, 7) is 0. The zero-order valence-electron chi connectivity index (χ0n) is 11.6. The maximum absolute atomic E-state index is 13.8. The van der Waals surface area contributed by atoms with E-state index in [0.717, 1.165) is 18.4 Å². The summed E-state index contributed by atoms with van der Waals surface area (Å²) < 4.78 is 77.6. The van der Waals surface area contributed by atoms with Gasteiger partial charge in [0, 0.05) is 29.2 Å². The van der Waals surface area contributed by atoms with Crippen LogP contribution in [0, 0.1) is 11.6 Å². The molecule has 0 bridgehead atoms. The molecule has 1 aliphatic carbocycles. The third-order valence-electron chi connectivity index (χ3n) is 3.56. The molecule has 2 aromatic rings. The molecule has 1 atom stereocenters. The molecule has 0 fully saturated rings. The molecule has 0 aliphatic heterocycles. The van der Waals surface area contributed by atoms with E-state index in [1.165, 1.54) is 0 Å². The lowest BCUT2D eigenvalue weighted by atomic mass is 10.1. The van der Waals surface area contributed by atoms with Crippen molar-refractivity contribution in [3.05, 3.63) is 41.0 Å². The van der Waals surface area contributed by atoms with Crippen LogP contribution in [0.5, 0.6) is 0 Å². The number of hydrogen-bond acceptors (Lipinski definition) is 4. The van der Waals surface area contributed by atoms with Crippen molar-refractivity contribution >= 4 is 21.2 Å². The highest BCUT2D eigenvalue weighted by molar-refractivity contribution is 7.92. The van der Waals surface area contributed by atoms with E-state index in [1.54, 1.807) is 0 Å². The van der Waals surface area contributed by atoms with Gasteiger partial charge in [0.2, 0.25) is 0 Å². The van der Waals surface area contributed by atoms with Crippen LogP contribution in [0.25, 0.3) is 10.4 Å². The van der Waals surface area contributed by atoms with E-state index >= 15 is 0 Å². The van der Waals surface area contributed by atoms with Crippen molar-refractivity contribution < 1.29 is 31.1 Å². The number of alkyl halides is 2. The van der Waals surface area contributed by atoms with Gasteiger partial charge in [-0.15, -0.1) is 11.3 Å². The van der Waals surface area contributed by atoms with Gasteiger partial charge in [-0.3, -0.25) is 0 Å². The molecule has 124 valence electrons. The van der Waals surface area contributed by atoms with Crippen molar-refractivity contribution in [2.75, 3.05) is 6.26 Å². The highest BCUT2D eigenvalue weighted by atomic mass is 32.2. The Hall–Kier alpha value is -1.45. The monoisotopic (exact) mass is 366 g/mol. The third kappa shape index (κ3) is 2.66. The second-order valence-corrected chi connectivity index (χ2v) is 8.61. The molecule has 1 aromatic heterocycles. The number of benzene rings is 1. The fourth-order valence-corrected chi connectivity index (χ4v) is 5.21. The van der Waals surface area contributed by atoms with Crippen LogP contribution in [-0.4, -0.2) is 25.7 Å². The van der Waals surface area contributed by atoms with E-state index in [-0.39, 0.29) is 21.6 Å². The molecule has 3 nitrogen and oxygen atoms in total. The maximum atomic E-state index is 13.8. The van der Waals surface area contributed by atoms with Crippen molar-refractivity contribution in [2.24, 2.45) is 0 Å². The molecule has 1 N–H and O–H groups in total. The summed E-state index contributed by atoms with van der Waals surface area (Å²) >= 11 is 0.629. The van der Waals surface area contributed by atoms with E-state index < -0.39 is 44.1 Å². The molecule has 0 saturated carbocycles. The fraction of sp³-hybridized carbons (Fsp3) is 0.286. The molecule has 0 saturated heterocycles. The number of aliphatic hydroxyl groups excluding tert-OH is 1. The van der Waals surface area contributed by atoms with Crippen molar-refractivity contribution in [2.45, 2.75) is 22.7 Å². The van der Waals surface area contributed by atoms with E-state index in [0.29, 0.717) is 17.4 Å². The van der Waals surface area contributed by atoms with E-state index in [9.17, 15) is 31.1 Å². The normalized spacial score (nSPS) is 19.8. The zero-order chi connectivity index (χ0) is 17.2. The number of hydrogen-bond donors (Lipinski definition) is 1. The summed E-state index contributed by atoms with van der Waals surface area (Å²) in [5.41, 5.74) is -0.497. The molecule has 9 heteroatoms. The summed E-state index contributed by atoms with van der Waals surface area (Å²) in [5, 5.41) is 9.77. The van der Waals surface area contributed by atoms with E-state index in [4.69, 9.17) is 0 Å². The molecule has 0 unspecified atom stereocenters. The van der Waals surface area contributed by atoms with Gasteiger partial charge in [0.15, 0.2) is 9.84 Å². The van der Waals surface area contributed by atoms with Crippen LogP contribution in [0.15, 0.2) is 22.4 Å². The summed E-state index contributed by atoms with van der Waals surface area (Å²) in [7, 11) is -3.88. The molecule has 0 amide bonds. The maximum Gasteiger partial charge on any atom is 0.281 e. The second-order valence-electron chi connectivity index (χ2n) is 5.38. The average Bonchev–Trinajstić information content (AvgIpc) is 2.84. The highest BCUT2D eigenvalue weighted by Crippen LogP contribution is 2.53. The third-order valence-corrected chi connectivity index (χ3v) is 6.70. The van der Waals surface area contributed by atoms with Crippen LogP contribution < -0.4 is 0 Å². The van der Waals surface area contributed by atoms with Crippen molar-refractivity contribution in [1.29, 1.82) is 0 Å². The van der Waals surface area contributed by atoms with Crippen LogP contribution in [-0.2, 0) is 16.3 Å². The average molecular weight is 366 g/mol. The van der Waals surface area contributed by atoms with Gasteiger partial charge in [0.1, 0.15) is 21.9 Å². The van der Waals surface area contributed by atoms with E-state index in [1.807, 2.05) is 0 Å². The molecule has 0 spiro atoms. The Kier molecular flexibility index (Phi) is 3.58. The molecular formula is C14H10F4O3S2. The summed E-state index contributed by atoms with van der Waals surface area (Å²) in [5.74, 6) is -5.35. The van der Waals surface area contributed by atoms with Gasteiger partial charge >= 0.3 is 0 Å². The summed E-state index contributed by atoms with van der Waals surface area (Å²) in [6.07, 6.45) is -2.31.